The average molecular weight is 307 g/mol. The third-order valence-corrected chi connectivity index (χ3v) is 4.54. The molecule has 0 bridgehead atoms. The van der Waals surface area contributed by atoms with Crippen LogP contribution in [0.25, 0.3) is 0 Å². The SMILES string of the molecule is CCC1CCC(Nc2ccc(C#N)c(Br)c2)CC1. The van der Waals surface area contributed by atoms with Crippen LogP contribution in [0, 0.1) is 17.2 Å². The Labute approximate surface area is 118 Å². The van der Waals surface area contributed by atoms with E-state index in [1.165, 1.54) is 32.1 Å². The molecular weight excluding hydrogens is 288 g/mol. The molecule has 2 rings (SSSR count). The van der Waals surface area contributed by atoms with Crippen molar-refractivity contribution < 1.29 is 0 Å². The van der Waals surface area contributed by atoms with Gasteiger partial charge in [-0.2, -0.15) is 5.26 Å². The van der Waals surface area contributed by atoms with E-state index in [2.05, 4.69) is 34.2 Å². The first kappa shape index (κ1) is 13.4. The molecule has 2 nitrogen and oxygen atoms in total. The lowest BCUT2D eigenvalue weighted by molar-refractivity contribution is 0.330. The summed E-state index contributed by atoms with van der Waals surface area (Å²) in [6.45, 7) is 2.29. The first-order valence-electron chi connectivity index (χ1n) is 6.69. The normalized spacial score (nSPS) is 23.4. The van der Waals surface area contributed by atoms with Gasteiger partial charge in [-0.25, -0.2) is 0 Å². The number of hydrogen-bond donors (Lipinski definition) is 1. The van der Waals surface area contributed by atoms with E-state index in [1.54, 1.807) is 0 Å². The molecule has 1 fully saturated rings. The summed E-state index contributed by atoms with van der Waals surface area (Å²) in [5.74, 6) is 0.927. The van der Waals surface area contributed by atoms with Crippen molar-refractivity contribution in [3.8, 4) is 6.07 Å². The number of nitriles is 1. The first-order valence-corrected chi connectivity index (χ1v) is 7.48. The molecule has 0 radical (unpaired) electrons. The van der Waals surface area contributed by atoms with Gasteiger partial charge in [0.15, 0.2) is 0 Å². The van der Waals surface area contributed by atoms with Gasteiger partial charge in [0.1, 0.15) is 6.07 Å². The summed E-state index contributed by atoms with van der Waals surface area (Å²) in [5.41, 5.74) is 1.80. The van der Waals surface area contributed by atoms with Gasteiger partial charge in [-0.05, 0) is 65.7 Å². The summed E-state index contributed by atoms with van der Waals surface area (Å²) in [5, 5.41) is 12.5. The minimum Gasteiger partial charge on any atom is -0.382 e. The summed E-state index contributed by atoms with van der Waals surface area (Å²) in [6.07, 6.45) is 6.51. The van der Waals surface area contributed by atoms with E-state index in [9.17, 15) is 0 Å². The van der Waals surface area contributed by atoms with Crippen LogP contribution in [-0.2, 0) is 0 Å². The van der Waals surface area contributed by atoms with Crippen molar-refractivity contribution in [1.29, 1.82) is 5.26 Å². The molecule has 96 valence electrons. The van der Waals surface area contributed by atoms with Crippen LogP contribution in [0.5, 0.6) is 0 Å². The van der Waals surface area contributed by atoms with Gasteiger partial charge in [0.2, 0.25) is 0 Å². The Morgan fingerprint density at radius 3 is 2.61 bits per heavy atom. The first-order chi connectivity index (χ1) is 8.72. The second kappa shape index (κ2) is 6.24. The summed E-state index contributed by atoms with van der Waals surface area (Å²) in [4.78, 5) is 0. The molecule has 1 aromatic carbocycles. The fourth-order valence-electron chi connectivity index (χ4n) is 2.65. The van der Waals surface area contributed by atoms with Crippen LogP contribution in [0.4, 0.5) is 5.69 Å². The Bertz CT molecular complexity index is 442. The fourth-order valence-corrected chi connectivity index (χ4v) is 3.11. The number of nitrogens with one attached hydrogen (secondary N) is 1. The van der Waals surface area contributed by atoms with Crippen LogP contribution in [-0.4, -0.2) is 6.04 Å². The van der Waals surface area contributed by atoms with E-state index in [-0.39, 0.29) is 0 Å². The minimum absolute atomic E-state index is 0.590. The number of rotatable bonds is 3. The molecule has 1 aromatic rings. The van der Waals surface area contributed by atoms with Crippen molar-refractivity contribution in [2.75, 3.05) is 5.32 Å². The van der Waals surface area contributed by atoms with Gasteiger partial charge in [0.25, 0.3) is 0 Å². The van der Waals surface area contributed by atoms with Gasteiger partial charge < -0.3 is 5.32 Å². The lowest BCUT2D eigenvalue weighted by Gasteiger charge is -2.29. The second-order valence-electron chi connectivity index (χ2n) is 5.08. The molecule has 0 unspecified atom stereocenters. The van der Waals surface area contributed by atoms with Crippen molar-refractivity contribution in [2.45, 2.75) is 45.1 Å². The highest BCUT2D eigenvalue weighted by atomic mass is 79.9. The zero-order chi connectivity index (χ0) is 13.0. The molecule has 1 aliphatic carbocycles. The number of halogens is 1. The Morgan fingerprint density at radius 2 is 2.06 bits per heavy atom. The Balaban J connectivity index is 1.94. The molecular formula is C15H19BrN2. The summed E-state index contributed by atoms with van der Waals surface area (Å²) in [6, 6.07) is 8.62. The predicted octanol–water partition coefficient (Wildman–Crippen LogP) is 4.70. The highest BCUT2D eigenvalue weighted by molar-refractivity contribution is 9.10. The maximum atomic E-state index is 8.89. The predicted molar refractivity (Wildman–Crippen MR) is 78.5 cm³/mol. The molecule has 0 spiro atoms. The highest BCUT2D eigenvalue weighted by Crippen LogP contribution is 2.29. The summed E-state index contributed by atoms with van der Waals surface area (Å²) >= 11 is 3.43. The third-order valence-electron chi connectivity index (χ3n) is 3.88. The summed E-state index contributed by atoms with van der Waals surface area (Å²) < 4.78 is 0.872. The molecule has 3 heteroatoms. The maximum absolute atomic E-state index is 8.89. The van der Waals surface area contributed by atoms with Crippen molar-refractivity contribution in [2.24, 2.45) is 5.92 Å². The Hall–Kier alpha value is -1.01. The van der Waals surface area contributed by atoms with E-state index in [0.29, 0.717) is 11.6 Å². The van der Waals surface area contributed by atoms with Gasteiger partial charge in [-0.1, -0.05) is 13.3 Å². The van der Waals surface area contributed by atoms with Crippen LogP contribution in [0.15, 0.2) is 22.7 Å². The van der Waals surface area contributed by atoms with Crippen LogP contribution >= 0.6 is 15.9 Å². The summed E-state index contributed by atoms with van der Waals surface area (Å²) in [7, 11) is 0. The molecule has 0 amide bonds. The van der Waals surface area contributed by atoms with E-state index in [1.807, 2.05) is 18.2 Å². The van der Waals surface area contributed by atoms with Gasteiger partial charge in [-0.15, -0.1) is 0 Å². The Kier molecular flexibility index (Phi) is 4.66. The van der Waals surface area contributed by atoms with Crippen LogP contribution in [0.1, 0.15) is 44.6 Å². The smallest absolute Gasteiger partial charge is 0.100 e. The van der Waals surface area contributed by atoms with Crippen molar-refractivity contribution in [3.05, 3.63) is 28.2 Å². The number of nitrogens with zero attached hydrogens (tertiary/aromatic N) is 1. The molecule has 0 aromatic heterocycles. The van der Waals surface area contributed by atoms with Gasteiger partial charge >= 0.3 is 0 Å². The molecule has 18 heavy (non-hydrogen) atoms. The monoisotopic (exact) mass is 306 g/mol. The van der Waals surface area contributed by atoms with Gasteiger partial charge in [0.05, 0.1) is 5.56 Å². The van der Waals surface area contributed by atoms with Crippen molar-refractivity contribution in [3.63, 3.8) is 0 Å². The lowest BCUT2D eigenvalue weighted by Crippen LogP contribution is -2.25. The zero-order valence-corrected chi connectivity index (χ0v) is 12.3. The molecule has 0 atom stereocenters. The van der Waals surface area contributed by atoms with E-state index >= 15 is 0 Å². The van der Waals surface area contributed by atoms with E-state index in [4.69, 9.17) is 5.26 Å². The average Bonchev–Trinajstić information content (AvgIpc) is 2.40. The standard InChI is InChI=1S/C15H19BrN2/c1-2-11-3-6-13(7-4-11)18-14-8-5-12(10-17)15(16)9-14/h5,8-9,11,13,18H,2-4,6-7H2,1H3. The zero-order valence-electron chi connectivity index (χ0n) is 10.7. The Morgan fingerprint density at radius 1 is 1.33 bits per heavy atom. The van der Waals surface area contributed by atoms with Crippen LogP contribution < -0.4 is 5.32 Å². The highest BCUT2D eigenvalue weighted by Gasteiger charge is 2.19. The molecule has 0 saturated heterocycles. The third kappa shape index (κ3) is 3.26. The van der Waals surface area contributed by atoms with Gasteiger partial charge in [-0.3, -0.25) is 0 Å². The van der Waals surface area contributed by atoms with Gasteiger partial charge in [0, 0.05) is 16.2 Å². The largest absolute Gasteiger partial charge is 0.382 e. The van der Waals surface area contributed by atoms with Crippen LogP contribution in [0.3, 0.4) is 0 Å². The van der Waals surface area contributed by atoms with E-state index < -0.39 is 0 Å². The van der Waals surface area contributed by atoms with E-state index in [0.717, 1.165) is 16.1 Å². The fraction of sp³-hybridized carbons (Fsp3) is 0.533. The molecule has 0 heterocycles. The van der Waals surface area contributed by atoms with Crippen LogP contribution in [0.2, 0.25) is 0 Å². The van der Waals surface area contributed by atoms with Crippen molar-refractivity contribution >= 4 is 21.6 Å². The molecule has 1 saturated carbocycles. The molecule has 0 aliphatic heterocycles. The maximum Gasteiger partial charge on any atom is 0.100 e. The molecule has 1 aliphatic rings. The second-order valence-corrected chi connectivity index (χ2v) is 5.93. The lowest BCUT2D eigenvalue weighted by atomic mass is 9.84. The number of anilines is 1. The topological polar surface area (TPSA) is 35.8 Å². The number of hydrogen-bond acceptors (Lipinski definition) is 2. The molecule has 1 N–H and O–H groups in total. The number of benzene rings is 1. The van der Waals surface area contributed by atoms with Crippen molar-refractivity contribution in [1.82, 2.24) is 0 Å². The minimum atomic E-state index is 0.590. The quantitative estimate of drug-likeness (QED) is 0.878.